The van der Waals surface area contributed by atoms with Gasteiger partial charge in [-0.05, 0) is 25.0 Å². The highest BCUT2D eigenvalue weighted by atomic mass is 32.1. The molecule has 2 aromatic rings. The van der Waals surface area contributed by atoms with Crippen molar-refractivity contribution in [1.29, 1.82) is 0 Å². The third-order valence-corrected chi connectivity index (χ3v) is 4.99. The molecule has 1 aliphatic rings. The average Bonchev–Trinajstić information content (AvgIpc) is 3.06. The van der Waals surface area contributed by atoms with E-state index in [0.29, 0.717) is 18.6 Å². The predicted molar refractivity (Wildman–Crippen MR) is 90.0 cm³/mol. The number of ether oxygens (including phenoxy) is 1. The standard InChI is InChI=1S/C17H23N3OS/c1-12-3-5-15(6-4-12)21-10-17-19-14(11-22-17)8-20-7-13(2)16(18)9-20/h3-6,11,13,16H,7-10,18H2,1-2H3. The number of aryl methyl sites for hydroxylation is 1. The molecule has 0 amide bonds. The summed E-state index contributed by atoms with van der Waals surface area (Å²) in [7, 11) is 0. The van der Waals surface area contributed by atoms with E-state index in [1.165, 1.54) is 5.56 Å². The first kappa shape index (κ1) is 15.5. The molecule has 0 spiro atoms. The Balaban J connectivity index is 1.52. The van der Waals surface area contributed by atoms with E-state index < -0.39 is 0 Å². The number of hydrogen-bond donors (Lipinski definition) is 1. The fourth-order valence-electron chi connectivity index (χ4n) is 2.72. The quantitative estimate of drug-likeness (QED) is 0.921. The Morgan fingerprint density at radius 2 is 2.09 bits per heavy atom. The van der Waals surface area contributed by atoms with Crippen molar-refractivity contribution in [2.45, 2.75) is 33.0 Å². The van der Waals surface area contributed by atoms with Gasteiger partial charge >= 0.3 is 0 Å². The largest absolute Gasteiger partial charge is 0.486 e. The van der Waals surface area contributed by atoms with E-state index in [4.69, 9.17) is 10.5 Å². The van der Waals surface area contributed by atoms with Crippen molar-refractivity contribution in [2.24, 2.45) is 11.7 Å². The van der Waals surface area contributed by atoms with Gasteiger partial charge in [-0.25, -0.2) is 4.98 Å². The van der Waals surface area contributed by atoms with Crippen LogP contribution in [-0.2, 0) is 13.2 Å². The number of thiazole rings is 1. The summed E-state index contributed by atoms with van der Waals surface area (Å²) in [5.74, 6) is 1.46. The summed E-state index contributed by atoms with van der Waals surface area (Å²) in [6.45, 7) is 7.74. The zero-order valence-electron chi connectivity index (χ0n) is 13.2. The second-order valence-corrected chi connectivity index (χ2v) is 7.11. The molecule has 0 aliphatic carbocycles. The Hall–Kier alpha value is -1.43. The molecule has 4 nitrogen and oxygen atoms in total. The van der Waals surface area contributed by atoms with Crippen LogP contribution < -0.4 is 10.5 Å². The predicted octanol–water partition coefficient (Wildman–Crippen LogP) is 2.81. The Bertz CT molecular complexity index is 601. The van der Waals surface area contributed by atoms with Crippen molar-refractivity contribution >= 4 is 11.3 Å². The van der Waals surface area contributed by atoms with Gasteiger partial charge in [-0.3, -0.25) is 4.90 Å². The van der Waals surface area contributed by atoms with E-state index in [1.807, 2.05) is 12.1 Å². The average molecular weight is 317 g/mol. The highest BCUT2D eigenvalue weighted by Gasteiger charge is 2.26. The van der Waals surface area contributed by atoms with Gasteiger partial charge in [0.25, 0.3) is 0 Å². The van der Waals surface area contributed by atoms with Crippen molar-refractivity contribution in [2.75, 3.05) is 13.1 Å². The van der Waals surface area contributed by atoms with E-state index in [-0.39, 0.29) is 0 Å². The molecular formula is C17H23N3OS. The second-order valence-electron chi connectivity index (χ2n) is 6.17. The van der Waals surface area contributed by atoms with Gasteiger partial charge in [0, 0.05) is 31.1 Å². The number of likely N-dealkylation sites (tertiary alicyclic amines) is 1. The Labute approximate surface area is 135 Å². The van der Waals surface area contributed by atoms with Crippen molar-refractivity contribution < 1.29 is 4.74 Å². The summed E-state index contributed by atoms with van der Waals surface area (Å²) >= 11 is 1.66. The lowest BCUT2D eigenvalue weighted by atomic mass is 10.1. The Morgan fingerprint density at radius 1 is 1.32 bits per heavy atom. The highest BCUT2D eigenvalue weighted by molar-refractivity contribution is 7.09. The summed E-state index contributed by atoms with van der Waals surface area (Å²) in [5, 5.41) is 3.15. The monoisotopic (exact) mass is 317 g/mol. The Kier molecular flexibility index (Phi) is 4.76. The van der Waals surface area contributed by atoms with Crippen LogP contribution in [0.1, 0.15) is 23.2 Å². The van der Waals surface area contributed by atoms with Crippen LogP contribution in [0.3, 0.4) is 0 Å². The van der Waals surface area contributed by atoms with Gasteiger partial charge in [0.05, 0.1) is 5.69 Å². The van der Waals surface area contributed by atoms with Gasteiger partial charge in [-0.1, -0.05) is 24.6 Å². The van der Waals surface area contributed by atoms with Gasteiger partial charge in [0.1, 0.15) is 17.4 Å². The molecule has 22 heavy (non-hydrogen) atoms. The molecule has 2 N–H and O–H groups in total. The molecule has 118 valence electrons. The van der Waals surface area contributed by atoms with Crippen LogP contribution in [0.4, 0.5) is 0 Å². The Morgan fingerprint density at radius 3 is 2.77 bits per heavy atom. The molecular weight excluding hydrogens is 294 g/mol. The van der Waals surface area contributed by atoms with Crippen molar-refractivity contribution in [3.8, 4) is 5.75 Å². The molecule has 0 saturated carbocycles. The molecule has 2 heterocycles. The van der Waals surface area contributed by atoms with Gasteiger partial charge in [0.15, 0.2) is 0 Å². The van der Waals surface area contributed by atoms with Crippen LogP contribution in [-0.4, -0.2) is 29.0 Å². The summed E-state index contributed by atoms with van der Waals surface area (Å²) in [6, 6.07) is 8.40. The number of benzene rings is 1. The topological polar surface area (TPSA) is 51.4 Å². The maximum atomic E-state index is 6.07. The maximum Gasteiger partial charge on any atom is 0.140 e. The third kappa shape index (κ3) is 3.85. The minimum absolute atomic E-state index is 0.294. The fourth-order valence-corrected chi connectivity index (χ4v) is 3.42. The molecule has 1 fully saturated rings. The van der Waals surface area contributed by atoms with Crippen LogP contribution >= 0.6 is 11.3 Å². The summed E-state index contributed by atoms with van der Waals surface area (Å²) in [5.41, 5.74) is 8.43. The summed E-state index contributed by atoms with van der Waals surface area (Å²) < 4.78 is 5.78. The molecule has 1 saturated heterocycles. The van der Waals surface area contributed by atoms with Crippen LogP contribution in [0, 0.1) is 12.8 Å². The van der Waals surface area contributed by atoms with Crippen LogP contribution in [0.25, 0.3) is 0 Å². The smallest absolute Gasteiger partial charge is 0.140 e. The number of hydrogen-bond acceptors (Lipinski definition) is 5. The number of rotatable bonds is 5. The molecule has 2 atom stereocenters. The SMILES string of the molecule is Cc1ccc(OCc2nc(CN3CC(C)C(N)C3)cs2)cc1. The van der Waals surface area contributed by atoms with Gasteiger partial charge in [0.2, 0.25) is 0 Å². The highest BCUT2D eigenvalue weighted by Crippen LogP contribution is 2.20. The van der Waals surface area contributed by atoms with Gasteiger partial charge in [-0.2, -0.15) is 0 Å². The van der Waals surface area contributed by atoms with E-state index >= 15 is 0 Å². The van der Waals surface area contributed by atoms with Crippen molar-refractivity contribution in [1.82, 2.24) is 9.88 Å². The van der Waals surface area contributed by atoms with Gasteiger partial charge < -0.3 is 10.5 Å². The second kappa shape index (κ2) is 6.77. The minimum atomic E-state index is 0.294. The zero-order chi connectivity index (χ0) is 15.5. The van der Waals surface area contributed by atoms with Crippen molar-refractivity contribution in [3.63, 3.8) is 0 Å². The van der Waals surface area contributed by atoms with Crippen LogP contribution in [0.5, 0.6) is 5.75 Å². The first-order chi connectivity index (χ1) is 10.6. The molecule has 5 heteroatoms. The van der Waals surface area contributed by atoms with E-state index in [1.54, 1.807) is 11.3 Å². The normalized spacial score (nSPS) is 22.1. The first-order valence-electron chi connectivity index (χ1n) is 7.71. The van der Waals surface area contributed by atoms with E-state index in [2.05, 4.69) is 41.2 Å². The lowest BCUT2D eigenvalue weighted by Gasteiger charge is -2.12. The molecule has 0 radical (unpaired) electrons. The van der Waals surface area contributed by atoms with Crippen molar-refractivity contribution in [3.05, 3.63) is 45.9 Å². The van der Waals surface area contributed by atoms with Crippen LogP contribution in [0.2, 0.25) is 0 Å². The maximum absolute atomic E-state index is 6.07. The number of aromatic nitrogens is 1. The molecule has 0 bridgehead atoms. The van der Waals surface area contributed by atoms with Gasteiger partial charge in [-0.15, -0.1) is 11.3 Å². The molecule has 1 aromatic carbocycles. The zero-order valence-corrected chi connectivity index (χ0v) is 14.0. The lowest BCUT2D eigenvalue weighted by molar-refractivity contribution is 0.301. The lowest BCUT2D eigenvalue weighted by Crippen LogP contribution is -2.28. The molecule has 1 aliphatic heterocycles. The first-order valence-corrected chi connectivity index (χ1v) is 8.59. The van der Waals surface area contributed by atoms with E-state index in [9.17, 15) is 0 Å². The number of nitrogens with zero attached hydrogens (tertiary/aromatic N) is 2. The number of nitrogens with two attached hydrogens (primary N) is 1. The summed E-state index contributed by atoms with van der Waals surface area (Å²) in [6.07, 6.45) is 0. The fraction of sp³-hybridized carbons (Fsp3) is 0.471. The summed E-state index contributed by atoms with van der Waals surface area (Å²) in [4.78, 5) is 7.05. The van der Waals surface area contributed by atoms with Crippen LogP contribution in [0.15, 0.2) is 29.6 Å². The molecule has 3 rings (SSSR count). The third-order valence-electron chi connectivity index (χ3n) is 4.11. The molecule has 1 aromatic heterocycles. The van der Waals surface area contributed by atoms with E-state index in [0.717, 1.165) is 36.1 Å². The molecule has 2 unspecified atom stereocenters. The minimum Gasteiger partial charge on any atom is -0.486 e.